The number of aromatic amines is 1. The van der Waals surface area contributed by atoms with Gasteiger partial charge in [-0.05, 0) is 93.0 Å². The van der Waals surface area contributed by atoms with Crippen LogP contribution in [-0.2, 0) is 11.2 Å². The number of nitrogens with one attached hydrogen (secondary N) is 2. The molecule has 150 valence electrons. The first-order chi connectivity index (χ1) is 14.2. The van der Waals surface area contributed by atoms with E-state index in [4.69, 9.17) is 0 Å². The molecule has 5 rings (SSSR count). The van der Waals surface area contributed by atoms with E-state index in [-0.39, 0.29) is 11.8 Å². The number of nitrogens with zero attached hydrogens (tertiary/aromatic N) is 1. The topological polar surface area (TPSA) is 48.1 Å². The molecule has 1 aliphatic carbocycles. The van der Waals surface area contributed by atoms with Crippen molar-refractivity contribution in [3.63, 3.8) is 0 Å². The number of H-pyrrole nitrogens is 1. The van der Waals surface area contributed by atoms with Gasteiger partial charge in [-0.15, -0.1) is 0 Å². The van der Waals surface area contributed by atoms with Crippen LogP contribution in [0.3, 0.4) is 0 Å². The zero-order valence-corrected chi connectivity index (χ0v) is 17.1. The summed E-state index contributed by atoms with van der Waals surface area (Å²) in [7, 11) is 2.20. The van der Waals surface area contributed by atoms with Gasteiger partial charge < -0.3 is 15.2 Å². The Morgan fingerprint density at radius 3 is 2.76 bits per heavy atom. The number of hydrogen-bond donors (Lipinski definition) is 2. The molecule has 2 N–H and O–H groups in total. The second-order valence-electron chi connectivity index (χ2n) is 8.71. The Morgan fingerprint density at radius 1 is 1.07 bits per heavy atom. The molecule has 1 unspecified atom stereocenters. The molecule has 4 heteroatoms. The second kappa shape index (κ2) is 7.68. The summed E-state index contributed by atoms with van der Waals surface area (Å²) < 4.78 is 0. The summed E-state index contributed by atoms with van der Waals surface area (Å²) in [4.78, 5) is 18.9. The molecule has 1 saturated heterocycles. The number of aryl methyl sites for hydroxylation is 1. The van der Waals surface area contributed by atoms with Crippen molar-refractivity contribution in [1.82, 2.24) is 9.88 Å². The molecule has 2 heterocycles. The van der Waals surface area contributed by atoms with E-state index >= 15 is 0 Å². The van der Waals surface area contributed by atoms with Gasteiger partial charge in [0.1, 0.15) is 0 Å². The molecule has 0 bridgehead atoms. The van der Waals surface area contributed by atoms with Crippen molar-refractivity contribution < 1.29 is 4.79 Å². The third kappa shape index (κ3) is 3.58. The van der Waals surface area contributed by atoms with Crippen molar-refractivity contribution in [1.29, 1.82) is 0 Å². The lowest BCUT2D eigenvalue weighted by Gasteiger charge is -2.28. The maximum atomic E-state index is 13.1. The highest BCUT2D eigenvalue weighted by molar-refractivity contribution is 5.98. The van der Waals surface area contributed by atoms with Gasteiger partial charge in [-0.2, -0.15) is 0 Å². The smallest absolute Gasteiger partial charge is 0.231 e. The number of benzene rings is 2. The van der Waals surface area contributed by atoms with Crippen LogP contribution in [0.1, 0.15) is 54.2 Å². The summed E-state index contributed by atoms with van der Waals surface area (Å²) in [5.74, 6) is 0.666. The summed E-state index contributed by atoms with van der Waals surface area (Å²) in [5.41, 5.74) is 5.97. The zero-order valence-electron chi connectivity index (χ0n) is 17.1. The van der Waals surface area contributed by atoms with Gasteiger partial charge in [0, 0.05) is 22.8 Å². The van der Waals surface area contributed by atoms with Crippen LogP contribution in [0.25, 0.3) is 10.9 Å². The lowest BCUT2D eigenvalue weighted by molar-refractivity contribution is -0.117. The van der Waals surface area contributed by atoms with Crippen LogP contribution in [0, 0.1) is 0 Å². The fraction of sp³-hybridized carbons (Fsp3) is 0.400. The lowest BCUT2D eigenvalue weighted by atomic mass is 9.82. The molecule has 1 aliphatic heterocycles. The normalized spacial score (nSPS) is 20.5. The first-order valence-electron chi connectivity index (χ1n) is 10.9. The molecule has 1 amide bonds. The molecule has 3 aromatic rings. The van der Waals surface area contributed by atoms with Crippen molar-refractivity contribution in [3.05, 3.63) is 65.4 Å². The van der Waals surface area contributed by atoms with E-state index in [2.05, 4.69) is 58.8 Å². The van der Waals surface area contributed by atoms with Gasteiger partial charge in [-0.1, -0.05) is 24.3 Å². The van der Waals surface area contributed by atoms with Gasteiger partial charge in [0.25, 0.3) is 0 Å². The lowest BCUT2D eigenvalue weighted by Crippen LogP contribution is -2.29. The minimum absolute atomic E-state index is 0.0461. The number of carbonyl (C=O) groups is 1. The van der Waals surface area contributed by atoms with Crippen molar-refractivity contribution in [3.8, 4) is 0 Å². The molecular formula is C25H29N3O. The number of fused-ring (bicyclic) bond motifs is 2. The Labute approximate surface area is 172 Å². The molecule has 2 aromatic carbocycles. The molecule has 1 atom stereocenters. The molecular weight excluding hydrogens is 358 g/mol. The van der Waals surface area contributed by atoms with E-state index in [0.717, 1.165) is 43.6 Å². The molecule has 0 radical (unpaired) electrons. The van der Waals surface area contributed by atoms with E-state index in [9.17, 15) is 4.79 Å². The van der Waals surface area contributed by atoms with E-state index in [1.54, 1.807) is 0 Å². The fourth-order valence-corrected chi connectivity index (χ4v) is 5.13. The average molecular weight is 388 g/mol. The van der Waals surface area contributed by atoms with E-state index in [0.29, 0.717) is 5.92 Å². The van der Waals surface area contributed by atoms with Crippen LogP contribution < -0.4 is 5.32 Å². The number of rotatable bonds is 3. The zero-order chi connectivity index (χ0) is 19.8. The van der Waals surface area contributed by atoms with Gasteiger partial charge in [-0.25, -0.2) is 0 Å². The molecule has 29 heavy (non-hydrogen) atoms. The summed E-state index contributed by atoms with van der Waals surface area (Å²) >= 11 is 0. The van der Waals surface area contributed by atoms with E-state index < -0.39 is 0 Å². The van der Waals surface area contributed by atoms with Gasteiger partial charge in [0.2, 0.25) is 5.91 Å². The molecule has 0 saturated carbocycles. The van der Waals surface area contributed by atoms with Crippen molar-refractivity contribution in [2.45, 2.75) is 43.9 Å². The van der Waals surface area contributed by atoms with Crippen LogP contribution in [0.5, 0.6) is 0 Å². The highest BCUT2D eigenvalue weighted by Crippen LogP contribution is 2.35. The first-order valence-corrected chi connectivity index (χ1v) is 10.9. The van der Waals surface area contributed by atoms with Gasteiger partial charge >= 0.3 is 0 Å². The molecule has 1 fully saturated rings. The minimum atomic E-state index is -0.0461. The SMILES string of the molecule is CN1CCC(c2c[nH]c3ccc(NC(=O)C4CCCc5ccccc54)cc23)CC1. The predicted molar refractivity (Wildman–Crippen MR) is 119 cm³/mol. The van der Waals surface area contributed by atoms with Crippen molar-refractivity contribution in [2.24, 2.45) is 0 Å². The number of piperidine rings is 1. The Bertz CT molecular complexity index is 1030. The molecule has 1 aromatic heterocycles. The van der Waals surface area contributed by atoms with Crippen LogP contribution in [-0.4, -0.2) is 35.9 Å². The first kappa shape index (κ1) is 18.4. The third-order valence-electron chi connectivity index (χ3n) is 6.83. The molecule has 4 nitrogen and oxygen atoms in total. The van der Waals surface area contributed by atoms with Crippen LogP contribution in [0.15, 0.2) is 48.7 Å². The van der Waals surface area contributed by atoms with Gasteiger partial charge in [-0.3, -0.25) is 4.79 Å². The second-order valence-corrected chi connectivity index (χ2v) is 8.71. The van der Waals surface area contributed by atoms with Gasteiger partial charge in [0.05, 0.1) is 5.92 Å². The Morgan fingerprint density at radius 2 is 1.90 bits per heavy atom. The van der Waals surface area contributed by atoms with Crippen LogP contribution in [0.2, 0.25) is 0 Å². The minimum Gasteiger partial charge on any atom is -0.361 e. The largest absolute Gasteiger partial charge is 0.361 e. The highest BCUT2D eigenvalue weighted by atomic mass is 16.1. The maximum Gasteiger partial charge on any atom is 0.231 e. The molecule has 0 spiro atoms. The number of anilines is 1. The number of aromatic nitrogens is 1. The number of amides is 1. The maximum absolute atomic E-state index is 13.1. The standard InChI is InChI=1S/C25H29N3O/c1-28-13-11-18(12-14-28)23-16-26-24-10-9-19(15-22(23)24)27-25(29)21-8-4-6-17-5-2-3-7-20(17)21/h2-3,5,7,9-10,15-16,18,21,26H,4,6,8,11-14H2,1H3,(H,27,29). The number of likely N-dealkylation sites (tertiary alicyclic amines) is 1. The Balaban J connectivity index is 1.39. The molecule has 2 aliphatic rings. The van der Waals surface area contributed by atoms with E-state index in [1.807, 2.05) is 12.1 Å². The highest BCUT2D eigenvalue weighted by Gasteiger charge is 2.26. The number of carbonyl (C=O) groups excluding carboxylic acids is 1. The van der Waals surface area contributed by atoms with E-state index in [1.165, 1.54) is 34.9 Å². The predicted octanol–water partition coefficient (Wildman–Crippen LogP) is 5.04. The summed E-state index contributed by atoms with van der Waals surface area (Å²) in [6.45, 7) is 2.30. The number of hydrogen-bond acceptors (Lipinski definition) is 2. The van der Waals surface area contributed by atoms with Crippen LogP contribution >= 0.6 is 0 Å². The monoisotopic (exact) mass is 387 g/mol. The van der Waals surface area contributed by atoms with Gasteiger partial charge in [0.15, 0.2) is 0 Å². The summed E-state index contributed by atoms with van der Waals surface area (Å²) in [6.07, 6.45) is 7.64. The summed E-state index contributed by atoms with van der Waals surface area (Å²) in [5, 5.41) is 4.46. The third-order valence-corrected chi connectivity index (χ3v) is 6.83. The van der Waals surface area contributed by atoms with Crippen molar-refractivity contribution >= 4 is 22.5 Å². The quantitative estimate of drug-likeness (QED) is 0.662. The van der Waals surface area contributed by atoms with Crippen LogP contribution in [0.4, 0.5) is 5.69 Å². The Kier molecular flexibility index (Phi) is 4.88. The summed E-state index contributed by atoms with van der Waals surface area (Å²) in [6, 6.07) is 14.7. The Hall–Kier alpha value is -2.59. The van der Waals surface area contributed by atoms with Crippen molar-refractivity contribution in [2.75, 3.05) is 25.5 Å². The fourth-order valence-electron chi connectivity index (χ4n) is 5.13. The average Bonchev–Trinajstić information content (AvgIpc) is 3.17.